The van der Waals surface area contributed by atoms with E-state index in [0.29, 0.717) is 32.2 Å². The van der Waals surface area contributed by atoms with E-state index in [9.17, 15) is 28.0 Å². The van der Waals surface area contributed by atoms with E-state index in [2.05, 4.69) is 40.5 Å². The Balaban J connectivity index is 2.05. The molecule has 0 atom stereocenters. The average molecular weight is 567 g/mol. The van der Waals surface area contributed by atoms with E-state index in [1.807, 2.05) is 6.92 Å². The lowest BCUT2D eigenvalue weighted by Gasteiger charge is -2.37. The molecule has 1 aromatic heterocycles. The minimum absolute atomic E-state index is 0.0267. The van der Waals surface area contributed by atoms with Crippen molar-refractivity contribution in [2.45, 2.75) is 77.7 Å². The molecule has 0 N–H and O–H groups in total. The summed E-state index contributed by atoms with van der Waals surface area (Å²) in [6, 6.07) is 7.45. The Kier molecular flexibility index (Phi) is 9.40. The van der Waals surface area contributed by atoms with Crippen molar-refractivity contribution in [3.05, 3.63) is 52.4 Å². The standard InChI is InChI=1S/C26H30ClF3N6O3/c1-5-34(25(2,3)4)16-17-10-12-18(13-11-17)23(37)36(39-24(38)26(28,29)30)35(19-8-6-7-9-19)22-20(27)15-32-21(14-31)33-22/h10-13,15,19H,5-9,16H2,1-4H3. The van der Waals surface area contributed by atoms with Crippen molar-refractivity contribution < 1.29 is 27.6 Å². The molecule has 1 aliphatic rings. The second-order valence-corrected chi connectivity index (χ2v) is 10.5. The van der Waals surface area contributed by atoms with Gasteiger partial charge in [-0.05, 0) is 57.9 Å². The average Bonchev–Trinajstić information content (AvgIpc) is 3.41. The zero-order chi connectivity index (χ0) is 29.0. The number of carbonyl (C=O) groups is 2. The highest BCUT2D eigenvalue weighted by Gasteiger charge is 2.46. The highest BCUT2D eigenvalue weighted by Crippen LogP contribution is 2.34. The molecule has 1 aliphatic carbocycles. The fourth-order valence-corrected chi connectivity index (χ4v) is 4.53. The summed E-state index contributed by atoms with van der Waals surface area (Å²) in [5, 5.41) is 10.4. The first-order chi connectivity index (χ1) is 18.3. The second-order valence-electron chi connectivity index (χ2n) is 10.1. The molecule has 39 heavy (non-hydrogen) atoms. The van der Waals surface area contributed by atoms with Gasteiger partial charge in [0.05, 0.1) is 12.2 Å². The van der Waals surface area contributed by atoms with E-state index in [1.54, 1.807) is 18.2 Å². The highest BCUT2D eigenvalue weighted by atomic mass is 35.5. The first kappa shape index (κ1) is 30.1. The number of hydrogen-bond acceptors (Lipinski definition) is 8. The number of nitrogens with zero attached hydrogens (tertiary/aromatic N) is 6. The number of carbonyl (C=O) groups excluding carboxylic acids is 2. The molecule has 0 unspecified atom stereocenters. The number of rotatable bonds is 7. The lowest BCUT2D eigenvalue weighted by atomic mass is 10.0. The molecule has 1 fully saturated rings. The summed E-state index contributed by atoms with van der Waals surface area (Å²) in [6.45, 7) is 9.64. The minimum atomic E-state index is -5.38. The van der Waals surface area contributed by atoms with E-state index in [-0.39, 0.29) is 32.9 Å². The van der Waals surface area contributed by atoms with Crippen LogP contribution in [0.15, 0.2) is 30.5 Å². The summed E-state index contributed by atoms with van der Waals surface area (Å²) in [6.07, 6.45) is -1.96. The number of halogens is 4. The number of anilines is 1. The van der Waals surface area contributed by atoms with E-state index < -0.39 is 24.1 Å². The quantitative estimate of drug-likeness (QED) is 0.408. The summed E-state index contributed by atoms with van der Waals surface area (Å²) in [5.41, 5.74) is 0.751. The van der Waals surface area contributed by atoms with Crippen LogP contribution in [-0.2, 0) is 16.2 Å². The largest absolute Gasteiger partial charge is 0.493 e. The third-order valence-electron chi connectivity index (χ3n) is 6.39. The van der Waals surface area contributed by atoms with Crippen molar-refractivity contribution in [2.24, 2.45) is 0 Å². The number of hydrogen-bond donors (Lipinski definition) is 0. The van der Waals surface area contributed by atoms with E-state index in [0.717, 1.165) is 23.3 Å². The molecule has 0 bridgehead atoms. The van der Waals surface area contributed by atoms with Gasteiger partial charge in [-0.15, -0.1) is 0 Å². The summed E-state index contributed by atoms with van der Waals surface area (Å²) in [7, 11) is 0. The first-order valence-corrected chi connectivity index (χ1v) is 12.8. The highest BCUT2D eigenvalue weighted by molar-refractivity contribution is 6.32. The SMILES string of the molecule is CCN(Cc1ccc(C(=O)N(OC(=O)C(F)(F)F)N(c2nc(C#N)ncc2Cl)C2CCCC2)cc1)C(C)(C)C. The monoisotopic (exact) mass is 566 g/mol. The van der Waals surface area contributed by atoms with Gasteiger partial charge in [0.1, 0.15) is 11.1 Å². The van der Waals surface area contributed by atoms with Gasteiger partial charge in [0.25, 0.3) is 0 Å². The van der Waals surface area contributed by atoms with Crippen molar-refractivity contribution in [2.75, 3.05) is 11.6 Å². The molecule has 1 aromatic carbocycles. The lowest BCUT2D eigenvalue weighted by molar-refractivity contribution is -0.231. The predicted molar refractivity (Wildman–Crippen MR) is 137 cm³/mol. The molecule has 0 radical (unpaired) electrons. The lowest BCUT2D eigenvalue weighted by Crippen LogP contribution is -2.54. The van der Waals surface area contributed by atoms with Gasteiger partial charge < -0.3 is 4.84 Å². The topological polar surface area (TPSA) is 103 Å². The molecule has 1 amide bonds. The third-order valence-corrected chi connectivity index (χ3v) is 6.65. The Labute approximate surface area is 230 Å². The van der Waals surface area contributed by atoms with Crippen LogP contribution in [0, 0.1) is 11.3 Å². The Bertz CT molecular complexity index is 1220. The van der Waals surface area contributed by atoms with Gasteiger partial charge in [0, 0.05) is 17.6 Å². The van der Waals surface area contributed by atoms with Gasteiger partial charge in [-0.2, -0.15) is 23.4 Å². The molecule has 210 valence electrons. The smallest absolute Gasteiger partial charge is 0.308 e. The van der Waals surface area contributed by atoms with Crippen molar-refractivity contribution >= 4 is 29.3 Å². The number of alkyl halides is 3. The molecule has 1 saturated carbocycles. The maximum atomic E-state index is 13.7. The molecule has 13 heteroatoms. The zero-order valence-electron chi connectivity index (χ0n) is 22.1. The molecule has 0 saturated heterocycles. The van der Waals surface area contributed by atoms with Gasteiger partial charge in [0.2, 0.25) is 5.82 Å². The van der Waals surface area contributed by atoms with Gasteiger partial charge in [-0.1, -0.05) is 48.7 Å². The molecule has 3 rings (SSSR count). The van der Waals surface area contributed by atoms with Crippen LogP contribution in [-0.4, -0.2) is 56.2 Å². The van der Waals surface area contributed by atoms with Gasteiger partial charge in [-0.3, -0.25) is 9.69 Å². The first-order valence-electron chi connectivity index (χ1n) is 12.5. The van der Waals surface area contributed by atoms with Gasteiger partial charge >= 0.3 is 18.1 Å². The van der Waals surface area contributed by atoms with Crippen LogP contribution in [0.1, 0.15) is 75.1 Å². The van der Waals surface area contributed by atoms with Crippen LogP contribution in [0.3, 0.4) is 0 Å². The van der Waals surface area contributed by atoms with Crippen LogP contribution >= 0.6 is 11.6 Å². The van der Waals surface area contributed by atoms with Crippen LogP contribution in [0.4, 0.5) is 19.0 Å². The van der Waals surface area contributed by atoms with E-state index in [1.165, 1.54) is 12.1 Å². The molecule has 0 spiro atoms. The molecular formula is C26H30ClF3N6O3. The Morgan fingerprint density at radius 1 is 1.15 bits per heavy atom. The van der Waals surface area contributed by atoms with Gasteiger partial charge in [-0.25, -0.2) is 14.8 Å². The summed E-state index contributed by atoms with van der Waals surface area (Å²) < 4.78 is 39.9. The number of aromatic nitrogens is 2. The predicted octanol–water partition coefficient (Wildman–Crippen LogP) is 5.45. The molecule has 0 aliphatic heterocycles. The van der Waals surface area contributed by atoms with Crippen molar-refractivity contribution in [1.82, 2.24) is 20.0 Å². The van der Waals surface area contributed by atoms with E-state index in [4.69, 9.17) is 11.6 Å². The Morgan fingerprint density at radius 3 is 2.28 bits per heavy atom. The summed E-state index contributed by atoms with van der Waals surface area (Å²) in [4.78, 5) is 40.3. The van der Waals surface area contributed by atoms with Crippen molar-refractivity contribution in [1.29, 1.82) is 5.26 Å². The van der Waals surface area contributed by atoms with Crippen LogP contribution in [0.5, 0.6) is 0 Å². The number of hydrazine groups is 1. The molecule has 9 nitrogen and oxygen atoms in total. The van der Waals surface area contributed by atoms with Crippen LogP contribution in [0.2, 0.25) is 5.02 Å². The maximum Gasteiger partial charge on any atom is 0.493 e. The third kappa shape index (κ3) is 7.36. The minimum Gasteiger partial charge on any atom is -0.308 e. The van der Waals surface area contributed by atoms with Crippen LogP contribution in [0.25, 0.3) is 0 Å². The number of amides is 1. The number of benzene rings is 1. The van der Waals surface area contributed by atoms with Crippen molar-refractivity contribution in [3.8, 4) is 6.07 Å². The Hall–Kier alpha value is -3.43. The summed E-state index contributed by atoms with van der Waals surface area (Å²) in [5.74, 6) is -4.18. The van der Waals surface area contributed by atoms with Crippen LogP contribution < -0.4 is 5.01 Å². The molecule has 1 heterocycles. The normalized spacial score (nSPS) is 14.3. The van der Waals surface area contributed by atoms with E-state index >= 15 is 0 Å². The molecule has 2 aromatic rings. The fourth-order valence-electron chi connectivity index (χ4n) is 4.35. The molecular weight excluding hydrogens is 537 g/mol. The zero-order valence-corrected chi connectivity index (χ0v) is 22.9. The number of nitriles is 1. The second kappa shape index (κ2) is 12.2. The number of hydroxylamine groups is 1. The van der Waals surface area contributed by atoms with Gasteiger partial charge in [0.15, 0.2) is 5.82 Å². The summed E-state index contributed by atoms with van der Waals surface area (Å²) >= 11 is 6.29. The fraction of sp³-hybridized carbons (Fsp3) is 0.500. The maximum absolute atomic E-state index is 13.7. The van der Waals surface area contributed by atoms with Crippen molar-refractivity contribution in [3.63, 3.8) is 0 Å². The Morgan fingerprint density at radius 2 is 1.77 bits per heavy atom.